The predicted molar refractivity (Wildman–Crippen MR) is 213 cm³/mol. The Bertz CT molecular complexity index is 2070. The SMILES string of the molecule is CC=O.CNc1ccc(C(=O)N2CCc3c(sc(C(=O)Nc4ccc(C)cn4)c3F)-c3ccccc32)cc1.Cc1ccc(N2CC3(CCOCC3)C2)nc1. The van der Waals surface area contributed by atoms with Crippen molar-refractivity contribution in [2.75, 3.05) is 60.3 Å². The van der Waals surface area contributed by atoms with Gasteiger partial charge in [-0.15, -0.1) is 11.3 Å². The molecule has 280 valence electrons. The lowest BCUT2D eigenvalue weighted by Gasteiger charge is -2.52. The van der Waals surface area contributed by atoms with Gasteiger partial charge in [0.05, 0.1) is 5.69 Å². The van der Waals surface area contributed by atoms with Crippen molar-refractivity contribution in [1.82, 2.24) is 9.97 Å². The molecule has 2 aromatic carbocycles. The second-order valence-corrected chi connectivity index (χ2v) is 14.7. The van der Waals surface area contributed by atoms with Gasteiger partial charge in [0.25, 0.3) is 11.8 Å². The van der Waals surface area contributed by atoms with Crippen molar-refractivity contribution in [2.45, 2.75) is 40.0 Å². The van der Waals surface area contributed by atoms with Crippen molar-refractivity contribution in [3.63, 3.8) is 0 Å². The number of carbonyl (C=O) groups is 3. The molecule has 2 saturated heterocycles. The smallest absolute Gasteiger partial charge is 0.269 e. The molecule has 0 aliphatic carbocycles. The number of carbonyl (C=O) groups excluding carboxylic acids is 3. The van der Waals surface area contributed by atoms with Gasteiger partial charge in [0.2, 0.25) is 0 Å². The van der Waals surface area contributed by atoms with Crippen molar-refractivity contribution in [1.29, 1.82) is 0 Å². The largest absolute Gasteiger partial charge is 0.388 e. The highest BCUT2D eigenvalue weighted by atomic mass is 32.1. The zero-order chi connectivity index (χ0) is 38.2. The number of fused-ring (bicyclic) bond motifs is 3. The molecule has 6 heterocycles. The number of para-hydroxylation sites is 1. The zero-order valence-corrected chi connectivity index (χ0v) is 31.8. The van der Waals surface area contributed by atoms with Crippen molar-refractivity contribution < 1.29 is 23.5 Å². The molecule has 10 nitrogen and oxygen atoms in total. The van der Waals surface area contributed by atoms with Crippen LogP contribution in [-0.2, 0) is 16.0 Å². The van der Waals surface area contributed by atoms with E-state index >= 15 is 4.39 Å². The molecule has 5 aromatic rings. The molecule has 54 heavy (non-hydrogen) atoms. The van der Waals surface area contributed by atoms with Crippen LogP contribution in [0.2, 0.25) is 0 Å². The third-order valence-corrected chi connectivity index (χ3v) is 11.1. The molecule has 3 aromatic heterocycles. The Morgan fingerprint density at radius 2 is 1.59 bits per heavy atom. The lowest BCUT2D eigenvalue weighted by Crippen LogP contribution is -2.58. The van der Waals surface area contributed by atoms with E-state index in [9.17, 15) is 9.59 Å². The molecule has 3 aliphatic rings. The van der Waals surface area contributed by atoms with Crippen LogP contribution in [0.5, 0.6) is 0 Å². The van der Waals surface area contributed by atoms with Gasteiger partial charge in [-0.3, -0.25) is 9.59 Å². The van der Waals surface area contributed by atoms with Gasteiger partial charge in [0.15, 0.2) is 5.82 Å². The Hall–Kier alpha value is -5.46. The Morgan fingerprint density at radius 1 is 0.926 bits per heavy atom. The highest BCUT2D eigenvalue weighted by molar-refractivity contribution is 7.17. The summed E-state index contributed by atoms with van der Waals surface area (Å²) >= 11 is 1.10. The summed E-state index contributed by atoms with van der Waals surface area (Å²) in [5, 5.41) is 5.73. The molecule has 0 atom stereocenters. The Kier molecular flexibility index (Phi) is 12.1. The average molecular weight is 749 g/mol. The Balaban J connectivity index is 0.000000216. The van der Waals surface area contributed by atoms with E-state index in [4.69, 9.17) is 9.53 Å². The van der Waals surface area contributed by atoms with E-state index in [-0.39, 0.29) is 10.8 Å². The number of thiophene rings is 1. The lowest BCUT2D eigenvalue weighted by atomic mass is 9.73. The van der Waals surface area contributed by atoms with E-state index in [1.165, 1.54) is 25.3 Å². The standard InChI is InChI=1S/C27H23FN4O2S.C13H18N2O.C2H4O/c1-16-7-12-22(30-15-16)31-26(33)25-23(28)20-13-14-32(21-6-4-3-5-19(21)24(20)35-25)27(34)17-8-10-18(29-2)11-9-17;1-11-2-3-12(14-8-11)15-9-13(10-15)4-6-16-7-5-13;1-2-3/h3-12,15,29H,13-14H2,1-2H3,(H,30,31,33);2-3,8H,4-7,9-10H2,1H3;2H,1H3. The fourth-order valence-electron chi connectivity index (χ4n) is 6.83. The highest BCUT2D eigenvalue weighted by Gasteiger charge is 2.44. The van der Waals surface area contributed by atoms with Crippen LogP contribution < -0.4 is 20.4 Å². The number of anilines is 4. The number of aldehydes is 1. The van der Waals surface area contributed by atoms with Gasteiger partial charge in [-0.2, -0.15) is 0 Å². The molecule has 2 N–H and O–H groups in total. The van der Waals surface area contributed by atoms with Crippen molar-refractivity contribution in [2.24, 2.45) is 5.41 Å². The normalized spacial score (nSPS) is 15.1. The monoisotopic (exact) mass is 748 g/mol. The molecule has 3 aliphatic heterocycles. The molecule has 2 amide bonds. The molecule has 0 bridgehead atoms. The zero-order valence-electron chi connectivity index (χ0n) is 31.0. The average Bonchev–Trinajstić information content (AvgIpc) is 3.42. The minimum absolute atomic E-state index is 0.00890. The first kappa shape index (κ1) is 38.3. The topological polar surface area (TPSA) is 117 Å². The number of halogens is 1. The van der Waals surface area contributed by atoms with E-state index in [0.717, 1.165) is 66.6 Å². The van der Waals surface area contributed by atoms with Crippen LogP contribution in [0.4, 0.5) is 27.4 Å². The number of hydrogen-bond acceptors (Lipinski definition) is 9. The van der Waals surface area contributed by atoms with Gasteiger partial charge >= 0.3 is 0 Å². The molecule has 0 unspecified atom stereocenters. The first-order chi connectivity index (χ1) is 26.1. The van der Waals surface area contributed by atoms with Crippen LogP contribution in [0, 0.1) is 25.1 Å². The summed E-state index contributed by atoms with van der Waals surface area (Å²) in [6.45, 7) is 9.92. The van der Waals surface area contributed by atoms with Crippen LogP contribution >= 0.6 is 11.3 Å². The van der Waals surface area contributed by atoms with E-state index in [1.54, 1.807) is 29.3 Å². The first-order valence-electron chi connectivity index (χ1n) is 18.0. The third-order valence-electron chi connectivity index (χ3n) is 9.82. The maximum absolute atomic E-state index is 15.6. The second kappa shape index (κ2) is 17.1. The molecule has 8 rings (SSSR count). The Morgan fingerprint density at radius 3 is 2.22 bits per heavy atom. The van der Waals surface area contributed by atoms with E-state index in [1.807, 2.05) is 62.6 Å². The summed E-state index contributed by atoms with van der Waals surface area (Å²) in [6.07, 6.45) is 7.07. The number of amides is 2. The number of benzene rings is 2. The second-order valence-electron chi connectivity index (χ2n) is 13.7. The number of nitrogens with one attached hydrogen (secondary N) is 2. The van der Waals surface area contributed by atoms with Crippen molar-refractivity contribution in [3.05, 3.63) is 118 Å². The summed E-state index contributed by atoms with van der Waals surface area (Å²) in [6, 6.07) is 22.5. The fraction of sp³-hybridized carbons (Fsp3) is 0.310. The number of nitrogens with zero attached hydrogens (tertiary/aromatic N) is 4. The van der Waals surface area contributed by atoms with Crippen LogP contribution in [0.15, 0.2) is 85.2 Å². The van der Waals surface area contributed by atoms with Crippen LogP contribution in [0.3, 0.4) is 0 Å². The molecule has 0 radical (unpaired) electrons. The third kappa shape index (κ3) is 8.50. The number of hydrogen-bond donors (Lipinski definition) is 2. The number of pyridine rings is 2. The highest BCUT2D eigenvalue weighted by Crippen LogP contribution is 2.44. The molecule has 1 spiro atoms. The van der Waals surface area contributed by atoms with Gasteiger partial charge in [0.1, 0.15) is 22.8 Å². The number of rotatable bonds is 5. The Labute approximate surface area is 319 Å². The van der Waals surface area contributed by atoms with Crippen LogP contribution in [0.1, 0.15) is 56.5 Å². The molecule has 0 saturated carbocycles. The van der Waals surface area contributed by atoms with E-state index in [2.05, 4.69) is 44.6 Å². The summed E-state index contributed by atoms with van der Waals surface area (Å²) in [5.74, 6) is 0.260. The minimum atomic E-state index is -0.544. The van der Waals surface area contributed by atoms with Crippen LogP contribution in [0.25, 0.3) is 10.4 Å². The molecule has 12 heteroatoms. The summed E-state index contributed by atoms with van der Waals surface area (Å²) in [5.41, 5.74) is 6.06. The summed E-state index contributed by atoms with van der Waals surface area (Å²) < 4.78 is 21.0. The molecular formula is C42H45FN6O4S. The maximum Gasteiger partial charge on any atom is 0.269 e. The predicted octanol–water partition coefficient (Wildman–Crippen LogP) is 7.97. The summed E-state index contributed by atoms with van der Waals surface area (Å²) in [7, 11) is 1.82. The lowest BCUT2D eigenvalue weighted by molar-refractivity contribution is -0.106. The maximum atomic E-state index is 15.6. The van der Waals surface area contributed by atoms with Crippen molar-refractivity contribution in [3.8, 4) is 10.4 Å². The van der Waals surface area contributed by atoms with Gasteiger partial charge in [0, 0.05) is 85.0 Å². The molecule has 2 fully saturated rings. The van der Waals surface area contributed by atoms with E-state index < -0.39 is 11.7 Å². The fourth-order valence-corrected chi connectivity index (χ4v) is 7.99. The number of aryl methyl sites for hydroxylation is 2. The van der Waals surface area contributed by atoms with Gasteiger partial charge < -0.3 is 30.0 Å². The summed E-state index contributed by atoms with van der Waals surface area (Å²) in [4.78, 5) is 48.5. The van der Waals surface area contributed by atoms with Gasteiger partial charge in [-0.25, -0.2) is 14.4 Å². The van der Waals surface area contributed by atoms with E-state index in [0.29, 0.717) is 45.9 Å². The molecular weight excluding hydrogens is 704 g/mol. The number of aromatic nitrogens is 2. The van der Waals surface area contributed by atoms with Gasteiger partial charge in [-0.05, 0) is 93.6 Å². The van der Waals surface area contributed by atoms with Crippen molar-refractivity contribution >= 4 is 52.4 Å². The van der Waals surface area contributed by atoms with Crippen LogP contribution in [-0.4, -0.2) is 68.0 Å². The minimum Gasteiger partial charge on any atom is -0.388 e. The van der Waals surface area contributed by atoms with Gasteiger partial charge in [-0.1, -0.05) is 30.3 Å². The quantitative estimate of drug-likeness (QED) is 0.174. The number of ether oxygens (including phenoxy) is 1. The first-order valence-corrected chi connectivity index (χ1v) is 18.9.